The van der Waals surface area contributed by atoms with Gasteiger partial charge in [-0.15, -0.1) is 10.2 Å². The van der Waals surface area contributed by atoms with Crippen LogP contribution in [0.15, 0.2) is 61.1 Å². The van der Waals surface area contributed by atoms with Crippen LogP contribution >= 0.6 is 0 Å². The molecular weight excluding hydrogens is 425 g/mol. The molecule has 2 heterocycles. The van der Waals surface area contributed by atoms with Gasteiger partial charge in [-0.1, -0.05) is 6.07 Å². The van der Waals surface area contributed by atoms with Gasteiger partial charge >= 0.3 is 0 Å². The number of carbonyl (C=O) groups is 1. The van der Waals surface area contributed by atoms with Crippen molar-refractivity contribution in [2.75, 3.05) is 12.4 Å². The van der Waals surface area contributed by atoms with Crippen molar-refractivity contribution < 1.29 is 13.9 Å². The second-order valence-electron chi connectivity index (χ2n) is 7.21. The van der Waals surface area contributed by atoms with Crippen molar-refractivity contribution in [3.05, 3.63) is 83.8 Å². The largest absolute Gasteiger partial charge is 0.497 e. The number of aromatic nitrogens is 5. The maximum absolute atomic E-state index is 13.6. The van der Waals surface area contributed by atoms with Crippen molar-refractivity contribution in [1.29, 1.82) is 0 Å². The van der Waals surface area contributed by atoms with E-state index in [1.165, 1.54) is 25.6 Å². The van der Waals surface area contributed by atoms with E-state index < -0.39 is 5.82 Å². The lowest BCUT2D eigenvalue weighted by Gasteiger charge is -2.10. The quantitative estimate of drug-likeness (QED) is 0.428. The van der Waals surface area contributed by atoms with Crippen molar-refractivity contribution in [2.45, 2.75) is 13.1 Å². The topological polar surface area (TPSA) is 107 Å². The molecule has 0 spiro atoms. The third-order valence-corrected chi connectivity index (χ3v) is 4.97. The molecule has 2 aromatic carbocycles. The Kier molecular flexibility index (Phi) is 6.53. The summed E-state index contributed by atoms with van der Waals surface area (Å²) in [7, 11) is 3.33. The van der Waals surface area contributed by atoms with E-state index in [1.54, 1.807) is 36.5 Å². The summed E-state index contributed by atoms with van der Waals surface area (Å²) >= 11 is 0. The van der Waals surface area contributed by atoms with Crippen molar-refractivity contribution in [3.8, 4) is 17.3 Å². The van der Waals surface area contributed by atoms with Crippen LogP contribution in [0.25, 0.3) is 11.5 Å². The SMILES string of the molecule is COc1cc(F)cc(CNC(=O)c2cccc(NCc3nnc(-c4ccncn4)n3C)c2)c1. The number of benzene rings is 2. The van der Waals surface area contributed by atoms with E-state index >= 15 is 0 Å². The van der Waals surface area contributed by atoms with Crippen LogP contribution < -0.4 is 15.4 Å². The van der Waals surface area contributed by atoms with E-state index in [9.17, 15) is 9.18 Å². The summed E-state index contributed by atoms with van der Waals surface area (Å²) in [6.07, 6.45) is 3.11. The zero-order chi connectivity index (χ0) is 23.2. The van der Waals surface area contributed by atoms with Gasteiger partial charge in [0, 0.05) is 37.1 Å². The molecule has 0 bridgehead atoms. The molecule has 2 N–H and O–H groups in total. The molecule has 0 aliphatic heterocycles. The van der Waals surface area contributed by atoms with Crippen LogP contribution in [0.1, 0.15) is 21.7 Å². The third-order valence-electron chi connectivity index (χ3n) is 4.97. The summed E-state index contributed by atoms with van der Waals surface area (Å²) in [5.74, 6) is 1.05. The molecule has 0 radical (unpaired) electrons. The third kappa shape index (κ3) is 5.29. The van der Waals surface area contributed by atoms with E-state index in [1.807, 2.05) is 17.7 Å². The number of nitrogens with one attached hydrogen (secondary N) is 2. The number of anilines is 1. The molecule has 0 unspecified atom stereocenters. The van der Waals surface area contributed by atoms with Gasteiger partial charge in [0.25, 0.3) is 5.91 Å². The molecule has 0 fully saturated rings. The highest BCUT2D eigenvalue weighted by Gasteiger charge is 2.12. The first-order chi connectivity index (χ1) is 16.0. The summed E-state index contributed by atoms with van der Waals surface area (Å²) in [6.45, 7) is 0.581. The van der Waals surface area contributed by atoms with Gasteiger partial charge in [-0.2, -0.15) is 0 Å². The van der Waals surface area contributed by atoms with Gasteiger partial charge in [0.1, 0.15) is 23.6 Å². The zero-order valence-electron chi connectivity index (χ0n) is 18.1. The van der Waals surface area contributed by atoms with E-state index in [-0.39, 0.29) is 12.5 Å². The Morgan fingerprint density at radius 2 is 2.00 bits per heavy atom. The molecule has 10 heteroatoms. The van der Waals surface area contributed by atoms with Crippen LogP contribution in [0.4, 0.5) is 10.1 Å². The van der Waals surface area contributed by atoms with Gasteiger partial charge < -0.3 is 19.9 Å². The molecule has 1 amide bonds. The molecule has 0 saturated heterocycles. The van der Waals surface area contributed by atoms with Crippen LogP contribution in [0, 0.1) is 5.82 Å². The fourth-order valence-electron chi connectivity index (χ4n) is 3.24. The monoisotopic (exact) mass is 447 g/mol. The molecule has 0 atom stereocenters. The minimum atomic E-state index is -0.420. The Morgan fingerprint density at radius 3 is 2.79 bits per heavy atom. The minimum absolute atomic E-state index is 0.176. The zero-order valence-corrected chi connectivity index (χ0v) is 18.1. The lowest BCUT2D eigenvalue weighted by molar-refractivity contribution is 0.0951. The van der Waals surface area contributed by atoms with Gasteiger partial charge in [0.2, 0.25) is 0 Å². The van der Waals surface area contributed by atoms with Crippen molar-refractivity contribution in [1.82, 2.24) is 30.0 Å². The minimum Gasteiger partial charge on any atom is -0.497 e. The number of halogens is 1. The predicted octanol–water partition coefficient (Wildman–Crippen LogP) is 2.96. The standard InChI is InChI=1S/C23H22FN7O2/c1-31-21(29-30-22(31)20-6-7-25-14-28-20)13-26-18-5-3-4-16(10-18)23(32)27-12-15-8-17(24)11-19(9-15)33-2/h3-11,14,26H,12-13H2,1-2H3,(H,27,32). The van der Waals surface area contributed by atoms with Crippen LogP contribution in [0.3, 0.4) is 0 Å². The summed E-state index contributed by atoms with van der Waals surface area (Å²) in [5.41, 5.74) is 2.52. The first-order valence-corrected chi connectivity index (χ1v) is 10.1. The molecule has 4 rings (SSSR count). The van der Waals surface area contributed by atoms with Crippen LogP contribution in [-0.2, 0) is 20.1 Å². The Hall–Kier alpha value is -4.34. The van der Waals surface area contributed by atoms with Gasteiger partial charge in [-0.05, 0) is 42.0 Å². The molecule has 33 heavy (non-hydrogen) atoms. The summed E-state index contributed by atoms with van der Waals surface area (Å²) in [5, 5.41) is 14.5. The van der Waals surface area contributed by atoms with E-state index in [4.69, 9.17) is 4.74 Å². The van der Waals surface area contributed by atoms with Gasteiger partial charge in [-0.25, -0.2) is 14.4 Å². The Bertz CT molecular complexity index is 1260. The number of ether oxygens (including phenoxy) is 1. The van der Waals surface area contributed by atoms with Gasteiger partial charge in [-0.3, -0.25) is 4.79 Å². The lowest BCUT2D eigenvalue weighted by atomic mass is 10.1. The second-order valence-corrected chi connectivity index (χ2v) is 7.21. The van der Waals surface area contributed by atoms with E-state index in [0.29, 0.717) is 40.8 Å². The highest BCUT2D eigenvalue weighted by molar-refractivity contribution is 5.95. The molecule has 2 aromatic heterocycles. The fraction of sp³-hybridized carbons (Fsp3) is 0.174. The van der Waals surface area contributed by atoms with E-state index in [0.717, 1.165) is 5.69 Å². The Morgan fingerprint density at radius 1 is 1.12 bits per heavy atom. The van der Waals surface area contributed by atoms with Gasteiger partial charge in [0.05, 0.1) is 13.7 Å². The number of methoxy groups -OCH3 is 1. The van der Waals surface area contributed by atoms with Gasteiger partial charge in [0.15, 0.2) is 11.6 Å². The number of carbonyl (C=O) groups excluding carboxylic acids is 1. The molecule has 0 aliphatic rings. The van der Waals surface area contributed by atoms with Crippen molar-refractivity contribution >= 4 is 11.6 Å². The number of hydrogen-bond acceptors (Lipinski definition) is 7. The summed E-state index contributed by atoms with van der Waals surface area (Å²) in [4.78, 5) is 20.7. The highest BCUT2D eigenvalue weighted by atomic mass is 19.1. The molecule has 9 nitrogen and oxygen atoms in total. The van der Waals surface area contributed by atoms with Crippen LogP contribution in [-0.4, -0.2) is 37.7 Å². The molecule has 0 aliphatic carbocycles. The second kappa shape index (κ2) is 9.86. The van der Waals surface area contributed by atoms with E-state index in [2.05, 4.69) is 30.8 Å². The summed E-state index contributed by atoms with van der Waals surface area (Å²) < 4.78 is 20.6. The average Bonchev–Trinajstić information content (AvgIpc) is 3.21. The molecule has 168 valence electrons. The maximum Gasteiger partial charge on any atom is 0.251 e. The average molecular weight is 447 g/mol. The number of nitrogens with zero attached hydrogens (tertiary/aromatic N) is 5. The Balaban J connectivity index is 1.39. The highest BCUT2D eigenvalue weighted by Crippen LogP contribution is 2.17. The fourth-order valence-corrected chi connectivity index (χ4v) is 3.24. The first kappa shape index (κ1) is 21.9. The predicted molar refractivity (Wildman–Crippen MR) is 120 cm³/mol. The van der Waals surface area contributed by atoms with Crippen molar-refractivity contribution in [3.63, 3.8) is 0 Å². The first-order valence-electron chi connectivity index (χ1n) is 10.1. The maximum atomic E-state index is 13.6. The van der Waals surface area contributed by atoms with Crippen LogP contribution in [0.5, 0.6) is 5.75 Å². The van der Waals surface area contributed by atoms with Crippen LogP contribution in [0.2, 0.25) is 0 Å². The lowest BCUT2D eigenvalue weighted by Crippen LogP contribution is -2.23. The molecular formula is C23H22FN7O2. The Labute approximate surface area is 189 Å². The number of amides is 1. The molecule has 4 aromatic rings. The normalized spacial score (nSPS) is 10.6. The number of rotatable bonds is 8. The smallest absolute Gasteiger partial charge is 0.251 e. The van der Waals surface area contributed by atoms with Crippen molar-refractivity contribution in [2.24, 2.45) is 7.05 Å². The summed E-state index contributed by atoms with van der Waals surface area (Å²) in [6, 6.07) is 13.2. The molecule has 0 saturated carbocycles. The number of hydrogen-bond donors (Lipinski definition) is 2.